The molecule has 1 aliphatic heterocycles. The van der Waals surface area contributed by atoms with Crippen LogP contribution >= 0.6 is 15.9 Å². The summed E-state index contributed by atoms with van der Waals surface area (Å²) in [5, 5.41) is 0.746. The fourth-order valence-corrected chi connectivity index (χ4v) is 4.11. The molecule has 3 aromatic rings. The highest BCUT2D eigenvalue weighted by molar-refractivity contribution is 9.10. The highest BCUT2D eigenvalue weighted by Crippen LogP contribution is 2.38. The summed E-state index contributed by atoms with van der Waals surface area (Å²) < 4.78 is 24.8. The normalized spacial score (nSPS) is 14.2. The Morgan fingerprint density at radius 1 is 1.12 bits per heavy atom. The summed E-state index contributed by atoms with van der Waals surface area (Å²) in [7, 11) is -3.28. The zero-order chi connectivity index (χ0) is 16.9. The summed E-state index contributed by atoms with van der Waals surface area (Å²) in [5.74, 6) is 0.742. The summed E-state index contributed by atoms with van der Waals surface area (Å²) in [5.41, 5.74) is 3.08. The largest absolute Gasteiger partial charge is 0.325 e. The van der Waals surface area contributed by atoms with Crippen molar-refractivity contribution in [3.8, 4) is 0 Å². The first kappa shape index (κ1) is 15.5. The van der Waals surface area contributed by atoms with E-state index in [1.807, 2.05) is 6.07 Å². The van der Waals surface area contributed by atoms with Crippen molar-refractivity contribution in [2.75, 3.05) is 17.7 Å². The van der Waals surface area contributed by atoms with Gasteiger partial charge in [-0.25, -0.2) is 18.4 Å². The third kappa shape index (κ3) is 2.57. The summed E-state index contributed by atoms with van der Waals surface area (Å²) in [4.78, 5) is 11.1. The van der Waals surface area contributed by atoms with E-state index in [1.54, 1.807) is 18.2 Å². The first-order valence-corrected chi connectivity index (χ1v) is 10.1. The average molecular weight is 404 g/mol. The lowest BCUT2D eigenvalue weighted by atomic mass is 10.2. The van der Waals surface area contributed by atoms with E-state index in [0.717, 1.165) is 39.8 Å². The summed E-state index contributed by atoms with van der Waals surface area (Å²) >= 11 is 3.50. The maximum Gasteiger partial charge on any atom is 0.175 e. The number of hydrogen-bond donors (Lipinski definition) is 0. The van der Waals surface area contributed by atoms with Gasteiger partial charge in [0, 0.05) is 28.3 Å². The molecule has 0 saturated carbocycles. The second-order valence-electron chi connectivity index (χ2n) is 5.82. The molecule has 7 heteroatoms. The molecule has 5 nitrogen and oxygen atoms in total. The lowest BCUT2D eigenvalue weighted by Crippen LogP contribution is -2.15. The molecule has 24 heavy (non-hydrogen) atoms. The van der Waals surface area contributed by atoms with Gasteiger partial charge in [0.25, 0.3) is 0 Å². The monoisotopic (exact) mass is 403 g/mol. The van der Waals surface area contributed by atoms with Crippen molar-refractivity contribution >= 4 is 48.2 Å². The Morgan fingerprint density at radius 2 is 1.96 bits per heavy atom. The molecule has 0 unspecified atom stereocenters. The molecule has 2 aromatic carbocycles. The van der Waals surface area contributed by atoms with Crippen LogP contribution < -0.4 is 4.90 Å². The predicted octanol–water partition coefficient (Wildman–Crippen LogP) is 3.49. The molecule has 0 spiro atoms. The molecule has 0 aliphatic carbocycles. The Bertz CT molecular complexity index is 1070. The minimum absolute atomic E-state index is 0.279. The lowest BCUT2D eigenvalue weighted by Gasteiger charge is -2.20. The van der Waals surface area contributed by atoms with Crippen LogP contribution in [0, 0.1) is 0 Å². The molecule has 1 aliphatic rings. The maximum atomic E-state index is 11.9. The van der Waals surface area contributed by atoms with Crippen LogP contribution in [0.4, 0.5) is 11.5 Å². The van der Waals surface area contributed by atoms with Gasteiger partial charge in [-0.2, -0.15) is 0 Å². The van der Waals surface area contributed by atoms with Crippen LogP contribution in [0.3, 0.4) is 0 Å². The number of nitrogens with zero attached hydrogens (tertiary/aromatic N) is 3. The van der Waals surface area contributed by atoms with Crippen molar-refractivity contribution < 1.29 is 8.42 Å². The van der Waals surface area contributed by atoms with E-state index < -0.39 is 9.84 Å². The van der Waals surface area contributed by atoms with Gasteiger partial charge in [-0.3, -0.25) is 0 Å². The third-order valence-electron chi connectivity index (χ3n) is 4.21. The van der Waals surface area contributed by atoms with Crippen molar-refractivity contribution in [3.63, 3.8) is 0 Å². The molecule has 122 valence electrons. The van der Waals surface area contributed by atoms with Crippen LogP contribution in [-0.2, 0) is 16.3 Å². The summed E-state index contributed by atoms with van der Waals surface area (Å²) in [6.07, 6.45) is 3.65. The molecule has 2 heterocycles. The molecule has 0 N–H and O–H groups in total. The van der Waals surface area contributed by atoms with E-state index in [1.165, 1.54) is 18.1 Å². The van der Waals surface area contributed by atoms with Crippen LogP contribution in [0.1, 0.15) is 5.56 Å². The number of anilines is 2. The fourth-order valence-electron chi connectivity index (χ4n) is 3.06. The average Bonchev–Trinajstić information content (AvgIpc) is 2.95. The van der Waals surface area contributed by atoms with Gasteiger partial charge in [0.2, 0.25) is 0 Å². The van der Waals surface area contributed by atoms with Crippen molar-refractivity contribution in [3.05, 3.63) is 52.8 Å². The molecular formula is C17H14BrN3O2S. The van der Waals surface area contributed by atoms with Crippen LogP contribution in [-0.4, -0.2) is 31.2 Å². The molecule has 1 aromatic heterocycles. The highest BCUT2D eigenvalue weighted by atomic mass is 79.9. The quantitative estimate of drug-likeness (QED) is 0.655. The smallest absolute Gasteiger partial charge is 0.175 e. The number of benzene rings is 2. The zero-order valence-corrected chi connectivity index (χ0v) is 15.3. The summed E-state index contributed by atoms with van der Waals surface area (Å²) in [6.45, 7) is 0.807. The number of hydrogen-bond acceptors (Lipinski definition) is 5. The number of fused-ring (bicyclic) bond motifs is 2. The van der Waals surface area contributed by atoms with Gasteiger partial charge in [0.15, 0.2) is 9.84 Å². The van der Waals surface area contributed by atoms with Gasteiger partial charge in [-0.1, -0.05) is 15.9 Å². The number of sulfone groups is 1. The Labute approximate surface area is 148 Å². The van der Waals surface area contributed by atoms with Crippen LogP contribution in [0.25, 0.3) is 10.9 Å². The van der Waals surface area contributed by atoms with Crippen LogP contribution in [0.2, 0.25) is 0 Å². The van der Waals surface area contributed by atoms with Crippen LogP contribution in [0.5, 0.6) is 0 Å². The molecule has 0 fully saturated rings. The van der Waals surface area contributed by atoms with Gasteiger partial charge in [-0.15, -0.1) is 0 Å². The van der Waals surface area contributed by atoms with Gasteiger partial charge in [0.05, 0.1) is 10.4 Å². The topological polar surface area (TPSA) is 63.2 Å². The fraction of sp³-hybridized carbons (Fsp3) is 0.176. The van der Waals surface area contributed by atoms with Gasteiger partial charge < -0.3 is 4.90 Å². The van der Waals surface area contributed by atoms with Crippen molar-refractivity contribution in [2.45, 2.75) is 11.3 Å². The molecule has 0 amide bonds. The van der Waals surface area contributed by atoms with Gasteiger partial charge >= 0.3 is 0 Å². The first-order valence-electron chi connectivity index (χ1n) is 7.44. The highest BCUT2D eigenvalue weighted by Gasteiger charge is 2.23. The number of rotatable bonds is 2. The van der Waals surface area contributed by atoms with Crippen molar-refractivity contribution in [2.24, 2.45) is 0 Å². The molecular weight excluding hydrogens is 390 g/mol. The Hall–Kier alpha value is -1.99. The van der Waals surface area contributed by atoms with Gasteiger partial charge in [0.1, 0.15) is 12.1 Å². The predicted molar refractivity (Wildman–Crippen MR) is 97.5 cm³/mol. The number of aromatic nitrogens is 2. The van der Waals surface area contributed by atoms with E-state index in [2.05, 4.69) is 42.9 Å². The second kappa shape index (κ2) is 5.53. The minimum Gasteiger partial charge on any atom is -0.325 e. The maximum absolute atomic E-state index is 11.9. The Balaban J connectivity index is 1.92. The van der Waals surface area contributed by atoms with Crippen molar-refractivity contribution in [1.29, 1.82) is 0 Å². The van der Waals surface area contributed by atoms with E-state index >= 15 is 0 Å². The Morgan fingerprint density at radius 3 is 2.75 bits per heavy atom. The second-order valence-corrected chi connectivity index (χ2v) is 8.75. The third-order valence-corrected chi connectivity index (χ3v) is 5.81. The molecule has 0 saturated heterocycles. The van der Waals surface area contributed by atoms with E-state index in [-0.39, 0.29) is 4.90 Å². The Kier molecular flexibility index (Phi) is 3.58. The minimum atomic E-state index is -3.28. The SMILES string of the molecule is CS(=O)(=O)c1ccc2ncnc(N3CCc4cc(Br)ccc43)c2c1. The molecule has 0 radical (unpaired) electrons. The van der Waals surface area contributed by atoms with E-state index in [0.29, 0.717) is 0 Å². The molecule has 0 atom stereocenters. The molecule has 0 bridgehead atoms. The first-order chi connectivity index (χ1) is 11.4. The van der Waals surface area contributed by atoms with Crippen LogP contribution in [0.15, 0.2) is 52.1 Å². The molecule has 4 rings (SSSR count). The zero-order valence-electron chi connectivity index (χ0n) is 12.9. The van der Waals surface area contributed by atoms with Gasteiger partial charge in [-0.05, 0) is 48.4 Å². The number of halogens is 1. The van der Waals surface area contributed by atoms with E-state index in [4.69, 9.17) is 0 Å². The van der Waals surface area contributed by atoms with E-state index in [9.17, 15) is 8.42 Å². The standard InChI is InChI=1S/C17H14BrN3O2S/c1-24(22,23)13-3-4-15-14(9-13)17(20-10-19-15)21-7-6-11-8-12(18)2-5-16(11)21/h2-5,8-10H,6-7H2,1H3. The lowest BCUT2D eigenvalue weighted by molar-refractivity contribution is 0.602. The van der Waals surface area contributed by atoms with Crippen molar-refractivity contribution in [1.82, 2.24) is 9.97 Å². The summed E-state index contributed by atoms with van der Waals surface area (Å²) in [6, 6.07) is 11.2.